The fraction of sp³-hybridized carbons (Fsp3) is 0.900. The van der Waals surface area contributed by atoms with Crippen LogP contribution in [0.3, 0.4) is 0 Å². The number of rotatable bonds is 3. The number of carbonyl (C=O) groups excluding carboxylic acids is 1. The van der Waals surface area contributed by atoms with Gasteiger partial charge in [-0.2, -0.15) is 0 Å². The number of ether oxygens (including phenoxy) is 1. The van der Waals surface area contributed by atoms with Gasteiger partial charge in [0.25, 0.3) is 0 Å². The molecule has 4 heteroatoms. The van der Waals surface area contributed by atoms with Gasteiger partial charge in [0, 0.05) is 26.1 Å². The highest BCUT2D eigenvalue weighted by molar-refractivity contribution is 6.27. The number of alkyl halides is 1. The summed E-state index contributed by atoms with van der Waals surface area (Å²) in [6.07, 6.45) is 0. The van der Waals surface area contributed by atoms with Crippen LogP contribution in [0.1, 0.15) is 13.8 Å². The summed E-state index contributed by atoms with van der Waals surface area (Å²) in [5, 5.41) is 0. The highest BCUT2D eigenvalue weighted by Crippen LogP contribution is 2.35. The van der Waals surface area contributed by atoms with E-state index in [9.17, 15) is 4.79 Å². The molecule has 0 N–H and O–H groups in total. The average molecular weight is 220 g/mol. The number of methoxy groups -OCH3 is 1. The predicted octanol–water partition coefficient (Wildman–Crippen LogP) is 1.36. The largest absolute Gasteiger partial charge is 0.384 e. The summed E-state index contributed by atoms with van der Waals surface area (Å²) >= 11 is 5.53. The first-order chi connectivity index (χ1) is 6.51. The van der Waals surface area contributed by atoms with Crippen molar-refractivity contribution < 1.29 is 9.53 Å². The molecule has 0 bridgehead atoms. The van der Waals surface area contributed by atoms with Crippen molar-refractivity contribution in [2.75, 3.05) is 32.7 Å². The van der Waals surface area contributed by atoms with Crippen LogP contribution in [0.15, 0.2) is 0 Å². The highest BCUT2D eigenvalue weighted by Gasteiger charge is 2.40. The molecular weight excluding hydrogens is 202 g/mol. The molecule has 0 aromatic heterocycles. The predicted molar refractivity (Wildman–Crippen MR) is 56.4 cm³/mol. The van der Waals surface area contributed by atoms with Gasteiger partial charge in [-0.05, 0) is 5.41 Å². The Bertz CT molecular complexity index is 218. The van der Waals surface area contributed by atoms with Crippen LogP contribution in [0.5, 0.6) is 0 Å². The summed E-state index contributed by atoms with van der Waals surface area (Å²) in [6.45, 7) is 6.59. The zero-order valence-corrected chi connectivity index (χ0v) is 9.80. The smallest absolute Gasteiger partial charge is 0.237 e. The first-order valence-corrected chi connectivity index (χ1v) is 5.37. The third-order valence-corrected chi connectivity index (χ3v) is 3.21. The molecule has 1 aliphatic rings. The van der Waals surface area contributed by atoms with E-state index < -0.39 is 0 Å². The topological polar surface area (TPSA) is 29.5 Å². The van der Waals surface area contributed by atoms with E-state index in [1.807, 2.05) is 4.90 Å². The Hall–Kier alpha value is -0.280. The fourth-order valence-corrected chi connectivity index (χ4v) is 2.12. The average Bonchev–Trinajstić information content (AvgIpc) is 2.42. The van der Waals surface area contributed by atoms with Crippen molar-refractivity contribution in [2.24, 2.45) is 11.3 Å². The molecule has 0 saturated carbocycles. The van der Waals surface area contributed by atoms with Crippen molar-refractivity contribution >= 4 is 17.5 Å². The lowest BCUT2D eigenvalue weighted by atomic mass is 9.83. The molecule has 0 aliphatic carbocycles. The summed E-state index contributed by atoms with van der Waals surface area (Å²) in [6, 6.07) is 0. The van der Waals surface area contributed by atoms with Gasteiger partial charge in [0.1, 0.15) is 5.88 Å². The molecule has 0 spiro atoms. The zero-order chi connectivity index (χ0) is 10.8. The zero-order valence-electron chi connectivity index (χ0n) is 9.05. The monoisotopic (exact) mass is 219 g/mol. The number of hydrogen-bond acceptors (Lipinski definition) is 2. The van der Waals surface area contributed by atoms with Crippen molar-refractivity contribution in [1.29, 1.82) is 0 Å². The minimum absolute atomic E-state index is 0.0262. The quantitative estimate of drug-likeness (QED) is 0.671. The van der Waals surface area contributed by atoms with E-state index in [0.717, 1.165) is 13.1 Å². The van der Waals surface area contributed by atoms with E-state index in [0.29, 0.717) is 12.5 Å². The molecule has 0 radical (unpaired) electrons. The van der Waals surface area contributed by atoms with Crippen LogP contribution in [0.2, 0.25) is 0 Å². The lowest BCUT2D eigenvalue weighted by molar-refractivity contribution is -0.127. The van der Waals surface area contributed by atoms with E-state index in [1.54, 1.807) is 7.11 Å². The second-order valence-corrected chi connectivity index (χ2v) is 4.82. The third-order valence-electron chi connectivity index (χ3n) is 2.98. The molecule has 14 heavy (non-hydrogen) atoms. The van der Waals surface area contributed by atoms with Crippen molar-refractivity contribution in [2.45, 2.75) is 13.8 Å². The van der Waals surface area contributed by atoms with Gasteiger partial charge < -0.3 is 9.64 Å². The van der Waals surface area contributed by atoms with Gasteiger partial charge >= 0.3 is 0 Å². The minimum atomic E-state index is 0.0262. The van der Waals surface area contributed by atoms with E-state index in [4.69, 9.17) is 16.3 Å². The van der Waals surface area contributed by atoms with Crippen LogP contribution in [-0.4, -0.2) is 43.5 Å². The van der Waals surface area contributed by atoms with E-state index in [-0.39, 0.29) is 17.2 Å². The normalized spacial score (nSPS) is 25.4. The number of amides is 1. The molecule has 1 heterocycles. The molecular formula is C10H18ClNO2. The van der Waals surface area contributed by atoms with E-state index in [1.165, 1.54) is 0 Å². The van der Waals surface area contributed by atoms with Crippen LogP contribution in [0, 0.1) is 11.3 Å². The molecule has 0 aromatic carbocycles. The molecule has 1 rings (SSSR count). The summed E-state index contributed by atoms with van der Waals surface area (Å²) < 4.78 is 5.15. The Labute approximate surface area is 90.4 Å². The molecule has 3 nitrogen and oxygen atoms in total. The molecule has 0 aromatic rings. The van der Waals surface area contributed by atoms with Gasteiger partial charge in [-0.3, -0.25) is 4.79 Å². The molecule has 1 amide bonds. The number of halogens is 1. The Morgan fingerprint density at radius 2 is 2.29 bits per heavy atom. The minimum Gasteiger partial charge on any atom is -0.384 e. The molecule has 1 saturated heterocycles. The van der Waals surface area contributed by atoms with Crippen LogP contribution >= 0.6 is 11.6 Å². The summed E-state index contributed by atoms with van der Waals surface area (Å²) in [5.74, 6) is 0.522. The first-order valence-electron chi connectivity index (χ1n) is 4.84. The van der Waals surface area contributed by atoms with Gasteiger partial charge in [-0.1, -0.05) is 13.8 Å². The van der Waals surface area contributed by atoms with Gasteiger partial charge in [0.05, 0.1) is 6.61 Å². The van der Waals surface area contributed by atoms with Crippen LogP contribution in [0.25, 0.3) is 0 Å². The van der Waals surface area contributed by atoms with Gasteiger partial charge in [-0.25, -0.2) is 0 Å². The first kappa shape index (κ1) is 11.8. The SMILES string of the molecule is COC[C@H]1CN(C(=O)CCl)CC1(C)C. The molecule has 82 valence electrons. The van der Waals surface area contributed by atoms with Crippen LogP contribution < -0.4 is 0 Å². The number of nitrogens with zero attached hydrogens (tertiary/aromatic N) is 1. The second-order valence-electron chi connectivity index (χ2n) is 4.55. The Morgan fingerprint density at radius 3 is 2.79 bits per heavy atom. The summed E-state index contributed by atoms with van der Waals surface area (Å²) in [4.78, 5) is 13.2. The Morgan fingerprint density at radius 1 is 1.64 bits per heavy atom. The number of carbonyl (C=O) groups is 1. The Balaban J connectivity index is 2.61. The van der Waals surface area contributed by atoms with E-state index >= 15 is 0 Å². The van der Waals surface area contributed by atoms with Crippen molar-refractivity contribution in [1.82, 2.24) is 4.90 Å². The lowest BCUT2D eigenvalue weighted by Crippen LogP contribution is -2.30. The third kappa shape index (κ3) is 2.39. The van der Waals surface area contributed by atoms with Gasteiger partial charge in [0.2, 0.25) is 5.91 Å². The van der Waals surface area contributed by atoms with Crippen molar-refractivity contribution in [3.05, 3.63) is 0 Å². The second kappa shape index (κ2) is 4.49. The fourth-order valence-electron chi connectivity index (χ4n) is 1.95. The molecule has 1 fully saturated rings. The van der Waals surface area contributed by atoms with Crippen LogP contribution in [-0.2, 0) is 9.53 Å². The summed E-state index contributed by atoms with van der Waals surface area (Å²) in [7, 11) is 1.70. The lowest BCUT2D eigenvalue weighted by Gasteiger charge is -2.24. The standard InChI is InChI=1S/C10H18ClNO2/c1-10(2)7-12(9(13)4-11)5-8(10)6-14-3/h8H,4-7H2,1-3H3/t8-/m1/s1. The highest BCUT2D eigenvalue weighted by atomic mass is 35.5. The van der Waals surface area contributed by atoms with Crippen LogP contribution in [0.4, 0.5) is 0 Å². The van der Waals surface area contributed by atoms with Crippen molar-refractivity contribution in [3.63, 3.8) is 0 Å². The molecule has 1 atom stereocenters. The maximum atomic E-state index is 11.4. The van der Waals surface area contributed by atoms with Gasteiger partial charge in [-0.15, -0.1) is 11.6 Å². The van der Waals surface area contributed by atoms with Crippen molar-refractivity contribution in [3.8, 4) is 0 Å². The Kier molecular flexibility index (Phi) is 3.78. The van der Waals surface area contributed by atoms with E-state index in [2.05, 4.69) is 13.8 Å². The maximum absolute atomic E-state index is 11.4. The molecule has 1 aliphatic heterocycles. The van der Waals surface area contributed by atoms with Gasteiger partial charge in [0.15, 0.2) is 0 Å². The summed E-state index contributed by atoms with van der Waals surface area (Å²) in [5.41, 5.74) is 0.137. The maximum Gasteiger partial charge on any atom is 0.237 e. The molecule has 0 unspecified atom stereocenters. The number of likely N-dealkylation sites (tertiary alicyclic amines) is 1. The number of hydrogen-bond donors (Lipinski definition) is 0.